The third kappa shape index (κ3) is 4.91. The van der Waals surface area contributed by atoms with Gasteiger partial charge in [0.25, 0.3) is 5.56 Å². The molecule has 1 saturated heterocycles. The summed E-state index contributed by atoms with van der Waals surface area (Å²) >= 11 is 0. The molecule has 2 heterocycles. The van der Waals surface area contributed by atoms with Crippen LogP contribution in [0.4, 0.5) is 8.78 Å². The summed E-state index contributed by atoms with van der Waals surface area (Å²) in [5.74, 6) is -1.72. The largest absolute Gasteiger partial charge is 0.496 e. The first-order valence-electron chi connectivity index (χ1n) is 12.2. The van der Waals surface area contributed by atoms with Crippen LogP contribution in [0.2, 0.25) is 0 Å². The summed E-state index contributed by atoms with van der Waals surface area (Å²) in [6.45, 7) is 2.25. The molecule has 1 aromatic heterocycles. The van der Waals surface area contributed by atoms with Crippen LogP contribution in [0.5, 0.6) is 5.75 Å². The fourth-order valence-electron chi connectivity index (χ4n) is 5.12. The minimum atomic E-state index is -1.11. The summed E-state index contributed by atoms with van der Waals surface area (Å²) < 4.78 is 34.8. The van der Waals surface area contributed by atoms with E-state index in [0.717, 1.165) is 61.5 Å². The Morgan fingerprint density at radius 2 is 1.78 bits per heavy atom. The number of nitrogens with zero attached hydrogens (tertiary/aromatic N) is 2. The molecule has 1 aliphatic carbocycles. The molecule has 3 aromatic rings. The molecule has 1 aliphatic heterocycles. The molecule has 0 atom stereocenters. The van der Waals surface area contributed by atoms with Crippen LogP contribution in [0.25, 0.3) is 11.1 Å². The van der Waals surface area contributed by atoms with Crippen LogP contribution in [-0.2, 0) is 6.54 Å². The Morgan fingerprint density at radius 1 is 1.03 bits per heavy atom. The summed E-state index contributed by atoms with van der Waals surface area (Å²) in [4.78, 5) is 25.9. The van der Waals surface area contributed by atoms with Gasteiger partial charge in [0.1, 0.15) is 5.75 Å². The van der Waals surface area contributed by atoms with Crippen LogP contribution in [0.1, 0.15) is 59.1 Å². The molecule has 0 spiro atoms. The summed E-state index contributed by atoms with van der Waals surface area (Å²) in [5.41, 5.74) is 3.40. The van der Waals surface area contributed by atoms with Gasteiger partial charge >= 0.3 is 5.97 Å². The average Bonchev–Trinajstić information content (AvgIpc) is 3.71. The highest BCUT2D eigenvalue weighted by molar-refractivity contribution is 5.87. The number of halogens is 2. The Bertz CT molecular complexity index is 1360. The lowest BCUT2D eigenvalue weighted by molar-refractivity contribution is 0.0696. The Hall–Kier alpha value is -3.52. The number of carboxylic acid groups (broad SMARTS) is 1. The number of hydrogen-bond donors (Lipinski definition) is 1. The third-order valence-corrected chi connectivity index (χ3v) is 7.24. The SMILES string of the molecule is COc1cc(-c2ccc(F)c(F)c2)c(C2CC2)cc1CN1CCC(n2ccc(C(=O)O)cc2=O)CC1. The van der Waals surface area contributed by atoms with Crippen molar-refractivity contribution in [2.45, 2.75) is 44.2 Å². The minimum Gasteiger partial charge on any atom is -0.496 e. The summed E-state index contributed by atoms with van der Waals surface area (Å²) in [7, 11) is 1.62. The van der Waals surface area contributed by atoms with Gasteiger partial charge in [0.15, 0.2) is 11.6 Å². The number of ether oxygens (including phenoxy) is 1. The van der Waals surface area contributed by atoms with Crippen molar-refractivity contribution in [1.29, 1.82) is 0 Å². The number of piperidine rings is 1. The number of aromatic carboxylic acids is 1. The van der Waals surface area contributed by atoms with E-state index in [1.54, 1.807) is 23.9 Å². The lowest BCUT2D eigenvalue weighted by Crippen LogP contribution is -2.37. The number of likely N-dealkylation sites (tertiary alicyclic amines) is 1. The standard InChI is InChI=1S/C28H28F2N2O4/c1-36-26-15-23(18-4-5-24(29)25(30)13-18)22(17-2-3-17)12-20(26)16-31-9-7-21(8-10-31)32-11-6-19(28(34)35)14-27(32)33/h4-6,11-15,17,21H,2-3,7-10,16H2,1H3,(H,34,35). The maximum Gasteiger partial charge on any atom is 0.335 e. The number of carbonyl (C=O) groups is 1. The van der Waals surface area contributed by atoms with Crippen molar-refractivity contribution in [2.75, 3.05) is 20.2 Å². The second-order valence-corrected chi connectivity index (χ2v) is 9.63. The minimum absolute atomic E-state index is 0.000861. The van der Waals surface area contributed by atoms with Crippen molar-refractivity contribution in [3.63, 3.8) is 0 Å². The predicted molar refractivity (Wildman–Crippen MR) is 132 cm³/mol. The van der Waals surface area contributed by atoms with E-state index >= 15 is 0 Å². The highest BCUT2D eigenvalue weighted by Gasteiger charge is 2.29. The van der Waals surface area contributed by atoms with Crippen LogP contribution in [0, 0.1) is 11.6 Å². The maximum atomic E-state index is 14.0. The molecule has 0 radical (unpaired) electrons. The highest BCUT2D eigenvalue weighted by Crippen LogP contribution is 2.46. The van der Waals surface area contributed by atoms with E-state index in [4.69, 9.17) is 9.84 Å². The second-order valence-electron chi connectivity index (χ2n) is 9.63. The molecule has 5 rings (SSSR count). The molecular weight excluding hydrogens is 466 g/mol. The highest BCUT2D eigenvalue weighted by atomic mass is 19.2. The van der Waals surface area contributed by atoms with Crippen molar-refractivity contribution in [3.8, 4) is 16.9 Å². The first-order chi connectivity index (χ1) is 17.3. The molecule has 2 aromatic carbocycles. The van der Waals surface area contributed by atoms with E-state index < -0.39 is 17.6 Å². The smallest absolute Gasteiger partial charge is 0.335 e. The number of methoxy groups -OCH3 is 1. The van der Waals surface area contributed by atoms with E-state index in [1.165, 1.54) is 18.2 Å². The summed E-state index contributed by atoms with van der Waals surface area (Å²) in [6.07, 6.45) is 5.27. The van der Waals surface area contributed by atoms with Gasteiger partial charge in [0, 0.05) is 43.5 Å². The molecule has 0 bridgehead atoms. The number of hydrogen-bond acceptors (Lipinski definition) is 4. The lowest BCUT2D eigenvalue weighted by atomic mass is 9.93. The molecule has 188 valence electrons. The topological polar surface area (TPSA) is 71.8 Å². The third-order valence-electron chi connectivity index (χ3n) is 7.24. The van der Waals surface area contributed by atoms with Gasteiger partial charge in [-0.3, -0.25) is 9.69 Å². The Labute approximate surface area is 207 Å². The Balaban J connectivity index is 1.34. The van der Waals surface area contributed by atoms with Gasteiger partial charge in [0.2, 0.25) is 0 Å². The zero-order valence-electron chi connectivity index (χ0n) is 20.0. The van der Waals surface area contributed by atoms with Crippen LogP contribution < -0.4 is 10.3 Å². The molecule has 2 fully saturated rings. The summed E-state index contributed by atoms with van der Waals surface area (Å²) in [5, 5.41) is 9.09. The van der Waals surface area contributed by atoms with E-state index in [-0.39, 0.29) is 17.2 Å². The number of pyridine rings is 1. The first kappa shape index (κ1) is 24.2. The van der Waals surface area contributed by atoms with Gasteiger partial charge in [-0.25, -0.2) is 13.6 Å². The molecule has 36 heavy (non-hydrogen) atoms. The number of aromatic nitrogens is 1. The number of benzene rings is 2. The van der Waals surface area contributed by atoms with Gasteiger partial charge in [-0.05, 0) is 78.6 Å². The Morgan fingerprint density at radius 3 is 2.39 bits per heavy atom. The normalized spacial score (nSPS) is 16.8. The van der Waals surface area contributed by atoms with Crippen molar-refractivity contribution in [3.05, 3.63) is 87.3 Å². The molecule has 8 heteroatoms. The van der Waals surface area contributed by atoms with E-state index in [0.29, 0.717) is 23.8 Å². The molecule has 2 aliphatic rings. The molecule has 6 nitrogen and oxygen atoms in total. The number of rotatable bonds is 7. The fraction of sp³-hybridized carbons (Fsp3) is 0.357. The fourth-order valence-corrected chi connectivity index (χ4v) is 5.12. The number of carboxylic acids is 1. The predicted octanol–water partition coefficient (Wildman–Crippen LogP) is 5.21. The molecule has 0 unspecified atom stereocenters. The average molecular weight is 495 g/mol. The Kier molecular flexibility index (Phi) is 6.62. The second kappa shape index (κ2) is 9.85. The van der Waals surface area contributed by atoms with Crippen LogP contribution in [0.3, 0.4) is 0 Å². The quantitative estimate of drug-likeness (QED) is 0.488. The van der Waals surface area contributed by atoms with Gasteiger partial charge < -0.3 is 14.4 Å². The molecule has 1 N–H and O–H groups in total. The van der Waals surface area contributed by atoms with E-state index in [1.807, 2.05) is 6.07 Å². The summed E-state index contributed by atoms with van der Waals surface area (Å²) in [6, 6.07) is 10.8. The lowest BCUT2D eigenvalue weighted by Gasteiger charge is -2.33. The molecular formula is C28H28F2N2O4. The monoisotopic (exact) mass is 494 g/mol. The van der Waals surface area contributed by atoms with Crippen molar-refractivity contribution < 1.29 is 23.4 Å². The molecule has 0 amide bonds. The van der Waals surface area contributed by atoms with Crippen LogP contribution in [-0.4, -0.2) is 40.7 Å². The maximum absolute atomic E-state index is 14.0. The van der Waals surface area contributed by atoms with Gasteiger partial charge in [-0.2, -0.15) is 0 Å². The van der Waals surface area contributed by atoms with Crippen LogP contribution in [0.15, 0.2) is 53.5 Å². The zero-order chi connectivity index (χ0) is 25.4. The zero-order valence-corrected chi connectivity index (χ0v) is 20.0. The molecule has 1 saturated carbocycles. The van der Waals surface area contributed by atoms with Gasteiger partial charge in [-0.15, -0.1) is 0 Å². The van der Waals surface area contributed by atoms with Gasteiger partial charge in [0.05, 0.1) is 12.7 Å². The van der Waals surface area contributed by atoms with Crippen molar-refractivity contribution in [2.24, 2.45) is 0 Å². The van der Waals surface area contributed by atoms with Crippen LogP contribution >= 0.6 is 0 Å². The van der Waals surface area contributed by atoms with Crippen molar-refractivity contribution >= 4 is 5.97 Å². The van der Waals surface area contributed by atoms with Gasteiger partial charge in [-0.1, -0.05) is 6.07 Å². The van der Waals surface area contributed by atoms with E-state index in [9.17, 15) is 18.4 Å². The van der Waals surface area contributed by atoms with E-state index in [2.05, 4.69) is 11.0 Å². The first-order valence-corrected chi connectivity index (χ1v) is 12.2. The van der Waals surface area contributed by atoms with Crippen molar-refractivity contribution in [1.82, 2.24) is 9.47 Å².